The molecule has 5 nitrogen and oxygen atoms in total. The van der Waals surface area contributed by atoms with E-state index in [0.717, 1.165) is 5.56 Å². The van der Waals surface area contributed by atoms with Crippen LogP contribution in [0.25, 0.3) is 0 Å². The van der Waals surface area contributed by atoms with Gasteiger partial charge in [0.15, 0.2) is 0 Å². The second-order valence-electron chi connectivity index (χ2n) is 5.98. The Bertz CT molecular complexity index is 456. The second-order valence-corrected chi connectivity index (χ2v) is 5.98. The normalized spacial score (nSPS) is 17.7. The number of pyridine rings is 1. The molecule has 1 fully saturated rings. The molecular weight excluding hydrogens is 266 g/mol. The summed E-state index contributed by atoms with van der Waals surface area (Å²) in [5.74, 6) is 0.146. The number of aromatic nitrogens is 1. The van der Waals surface area contributed by atoms with Crippen molar-refractivity contribution in [2.24, 2.45) is 11.1 Å². The van der Waals surface area contributed by atoms with E-state index in [9.17, 15) is 4.79 Å². The van der Waals surface area contributed by atoms with Crippen molar-refractivity contribution < 1.29 is 9.53 Å². The van der Waals surface area contributed by atoms with E-state index in [1.165, 1.54) is 0 Å². The fraction of sp³-hybridized carbons (Fsp3) is 0.625. The summed E-state index contributed by atoms with van der Waals surface area (Å²) in [6, 6.07) is 4.02. The molecule has 1 aromatic rings. The Labute approximate surface area is 126 Å². The minimum atomic E-state index is -0.468. The molecule has 0 bridgehead atoms. The molecule has 0 saturated carbocycles. The first-order chi connectivity index (χ1) is 10.1. The van der Waals surface area contributed by atoms with Gasteiger partial charge >= 0.3 is 0 Å². The van der Waals surface area contributed by atoms with Gasteiger partial charge in [-0.2, -0.15) is 0 Å². The summed E-state index contributed by atoms with van der Waals surface area (Å²) >= 11 is 0. The lowest BCUT2D eigenvalue weighted by molar-refractivity contribution is -0.149. The fourth-order valence-electron chi connectivity index (χ4n) is 2.75. The van der Waals surface area contributed by atoms with Crippen LogP contribution in [0.15, 0.2) is 24.5 Å². The molecule has 0 radical (unpaired) electrons. The van der Waals surface area contributed by atoms with Gasteiger partial charge in [0.2, 0.25) is 5.91 Å². The van der Waals surface area contributed by atoms with Crippen molar-refractivity contribution in [3.63, 3.8) is 0 Å². The number of rotatable bonds is 5. The van der Waals surface area contributed by atoms with Crippen LogP contribution < -0.4 is 5.73 Å². The molecule has 2 rings (SSSR count). The van der Waals surface area contributed by atoms with Crippen LogP contribution in [0.2, 0.25) is 0 Å². The predicted octanol–water partition coefficient (Wildman–Crippen LogP) is 1.57. The van der Waals surface area contributed by atoms with Gasteiger partial charge in [-0.3, -0.25) is 9.78 Å². The Kier molecular flexibility index (Phi) is 5.31. The summed E-state index contributed by atoms with van der Waals surface area (Å²) in [5.41, 5.74) is 6.53. The highest BCUT2D eigenvalue weighted by Crippen LogP contribution is 2.32. The van der Waals surface area contributed by atoms with Crippen molar-refractivity contribution in [2.45, 2.75) is 39.3 Å². The van der Waals surface area contributed by atoms with Crippen LogP contribution in [-0.4, -0.2) is 41.6 Å². The smallest absolute Gasteiger partial charge is 0.230 e. The Morgan fingerprint density at radius 1 is 1.48 bits per heavy atom. The first-order valence-corrected chi connectivity index (χ1v) is 7.57. The van der Waals surface area contributed by atoms with E-state index in [4.69, 9.17) is 10.5 Å². The Morgan fingerprint density at radius 3 is 2.71 bits per heavy atom. The highest BCUT2D eigenvalue weighted by molar-refractivity contribution is 5.83. The van der Waals surface area contributed by atoms with Crippen molar-refractivity contribution in [3.8, 4) is 0 Å². The third-order valence-corrected chi connectivity index (χ3v) is 4.25. The highest BCUT2D eigenvalue weighted by atomic mass is 16.5. The van der Waals surface area contributed by atoms with Gasteiger partial charge in [0, 0.05) is 44.7 Å². The molecule has 2 heterocycles. The number of carbonyl (C=O) groups excluding carboxylic acids is 1. The molecule has 1 saturated heterocycles. The maximum atomic E-state index is 13.1. The number of ether oxygens (including phenoxy) is 1. The van der Waals surface area contributed by atoms with Crippen molar-refractivity contribution in [1.82, 2.24) is 9.88 Å². The number of nitrogens with zero attached hydrogens (tertiary/aromatic N) is 2. The van der Waals surface area contributed by atoms with Gasteiger partial charge < -0.3 is 15.4 Å². The minimum absolute atomic E-state index is 0.129. The highest BCUT2D eigenvalue weighted by Gasteiger charge is 2.42. The SMILES string of the molecule is CC(C)N(Cc1cccnc1)C(=O)C1(CN)CCOCC1. The lowest BCUT2D eigenvalue weighted by Gasteiger charge is -2.40. The molecule has 1 amide bonds. The molecule has 116 valence electrons. The Hall–Kier alpha value is -1.46. The molecule has 0 atom stereocenters. The maximum absolute atomic E-state index is 13.1. The average molecular weight is 291 g/mol. The molecule has 1 aliphatic rings. The summed E-state index contributed by atoms with van der Waals surface area (Å²) < 4.78 is 5.40. The van der Waals surface area contributed by atoms with Gasteiger partial charge in [0.1, 0.15) is 0 Å². The number of hydrogen-bond acceptors (Lipinski definition) is 4. The molecule has 5 heteroatoms. The van der Waals surface area contributed by atoms with Crippen molar-refractivity contribution in [1.29, 1.82) is 0 Å². The third-order valence-electron chi connectivity index (χ3n) is 4.25. The van der Waals surface area contributed by atoms with E-state index >= 15 is 0 Å². The zero-order chi connectivity index (χ0) is 15.3. The standard InChI is InChI=1S/C16H25N3O2/c1-13(2)19(11-14-4-3-7-18-10-14)15(20)16(12-17)5-8-21-9-6-16/h3-4,7,10,13H,5-6,8-9,11-12,17H2,1-2H3. The van der Waals surface area contributed by atoms with Gasteiger partial charge in [-0.1, -0.05) is 6.07 Å². The van der Waals surface area contributed by atoms with Crippen LogP contribution in [0.5, 0.6) is 0 Å². The van der Waals surface area contributed by atoms with E-state index in [-0.39, 0.29) is 11.9 Å². The van der Waals surface area contributed by atoms with Gasteiger partial charge in [0.25, 0.3) is 0 Å². The number of hydrogen-bond donors (Lipinski definition) is 1. The van der Waals surface area contributed by atoms with Gasteiger partial charge in [-0.25, -0.2) is 0 Å². The summed E-state index contributed by atoms with van der Waals surface area (Å²) in [7, 11) is 0. The monoisotopic (exact) mass is 291 g/mol. The number of carbonyl (C=O) groups is 1. The molecular formula is C16H25N3O2. The van der Waals surface area contributed by atoms with Gasteiger partial charge in [-0.15, -0.1) is 0 Å². The van der Waals surface area contributed by atoms with Crippen molar-refractivity contribution >= 4 is 5.91 Å². The zero-order valence-corrected chi connectivity index (χ0v) is 12.9. The van der Waals surface area contributed by atoms with E-state index in [1.54, 1.807) is 6.20 Å². The molecule has 0 unspecified atom stereocenters. The van der Waals surface area contributed by atoms with E-state index in [2.05, 4.69) is 4.98 Å². The third kappa shape index (κ3) is 3.60. The number of nitrogens with two attached hydrogens (primary N) is 1. The molecule has 2 N–H and O–H groups in total. The predicted molar refractivity (Wildman–Crippen MR) is 81.5 cm³/mol. The first-order valence-electron chi connectivity index (χ1n) is 7.57. The van der Waals surface area contributed by atoms with Crippen LogP contribution in [0, 0.1) is 5.41 Å². The molecule has 0 spiro atoms. The van der Waals surface area contributed by atoms with Gasteiger partial charge in [0.05, 0.1) is 5.41 Å². The first kappa shape index (κ1) is 15.9. The van der Waals surface area contributed by atoms with E-state index in [1.807, 2.05) is 37.1 Å². The average Bonchev–Trinajstić information content (AvgIpc) is 2.53. The van der Waals surface area contributed by atoms with E-state index in [0.29, 0.717) is 39.1 Å². The van der Waals surface area contributed by atoms with Crippen molar-refractivity contribution in [2.75, 3.05) is 19.8 Å². The van der Waals surface area contributed by atoms with Crippen LogP contribution in [0.4, 0.5) is 0 Å². The van der Waals surface area contributed by atoms with Crippen LogP contribution in [0.3, 0.4) is 0 Å². The van der Waals surface area contributed by atoms with Gasteiger partial charge in [-0.05, 0) is 38.3 Å². The summed E-state index contributed by atoms with van der Waals surface area (Å²) in [5, 5.41) is 0. The minimum Gasteiger partial charge on any atom is -0.381 e. The Balaban J connectivity index is 2.18. The largest absolute Gasteiger partial charge is 0.381 e. The molecule has 1 aliphatic heterocycles. The quantitative estimate of drug-likeness (QED) is 0.894. The topological polar surface area (TPSA) is 68.5 Å². The molecule has 21 heavy (non-hydrogen) atoms. The Morgan fingerprint density at radius 2 is 2.19 bits per heavy atom. The molecule has 1 aromatic heterocycles. The lowest BCUT2D eigenvalue weighted by atomic mass is 9.78. The van der Waals surface area contributed by atoms with Crippen molar-refractivity contribution in [3.05, 3.63) is 30.1 Å². The molecule has 0 aliphatic carbocycles. The maximum Gasteiger partial charge on any atom is 0.230 e. The van der Waals surface area contributed by atoms with Crippen LogP contribution in [-0.2, 0) is 16.1 Å². The summed E-state index contributed by atoms with van der Waals surface area (Å²) in [4.78, 5) is 19.1. The number of amides is 1. The zero-order valence-electron chi connectivity index (χ0n) is 12.9. The fourth-order valence-corrected chi connectivity index (χ4v) is 2.75. The second kappa shape index (κ2) is 7.00. The van der Waals surface area contributed by atoms with Crippen LogP contribution in [0.1, 0.15) is 32.3 Å². The summed E-state index contributed by atoms with van der Waals surface area (Å²) in [6.45, 7) is 6.26. The lowest BCUT2D eigenvalue weighted by Crippen LogP contribution is -2.52. The van der Waals surface area contributed by atoms with Crippen LogP contribution >= 0.6 is 0 Å². The summed E-state index contributed by atoms with van der Waals surface area (Å²) in [6.07, 6.45) is 4.96. The van der Waals surface area contributed by atoms with E-state index < -0.39 is 5.41 Å². The molecule has 0 aromatic carbocycles.